The van der Waals surface area contributed by atoms with E-state index in [-0.39, 0.29) is 5.82 Å². The Labute approximate surface area is 120 Å². The van der Waals surface area contributed by atoms with Gasteiger partial charge in [-0.1, -0.05) is 23.9 Å². The molecule has 0 radical (unpaired) electrons. The summed E-state index contributed by atoms with van der Waals surface area (Å²) in [6.45, 7) is 0.976. The second-order valence-electron chi connectivity index (χ2n) is 4.12. The molecule has 0 aromatic heterocycles. The van der Waals surface area contributed by atoms with E-state index in [4.69, 9.17) is 0 Å². The molecule has 5 nitrogen and oxygen atoms in total. The molecule has 0 saturated heterocycles. The molecule has 0 unspecified atom stereocenters. The molecule has 2 rings (SSSR count). The van der Waals surface area contributed by atoms with Gasteiger partial charge in [0.15, 0.2) is 5.17 Å². The standard InChI is InChI=1S/C13H14FN3O2S/c14-10-3-1-9(2-4-10)5-6-15-11(18)12(19)17-13-16-7-8-20-13/h1-4H,5-8H2,(H,15,18)(H,16,17,19). The Bertz CT molecular complexity index is 531. The van der Waals surface area contributed by atoms with Gasteiger partial charge in [0, 0.05) is 12.3 Å². The van der Waals surface area contributed by atoms with Gasteiger partial charge in [-0.3, -0.25) is 19.9 Å². The van der Waals surface area contributed by atoms with Gasteiger partial charge in [0.05, 0.1) is 6.54 Å². The highest BCUT2D eigenvalue weighted by molar-refractivity contribution is 8.14. The van der Waals surface area contributed by atoms with Crippen LogP contribution in [0, 0.1) is 5.82 Å². The molecule has 20 heavy (non-hydrogen) atoms. The number of halogens is 1. The maximum absolute atomic E-state index is 12.7. The van der Waals surface area contributed by atoms with Gasteiger partial charge >= 0.3 is 11.8 Å². The molecule has 1 aromatic rings. The number of hydrogen-bond donors (Lipinski definition) is 2. The van der Waals surface area contributed by atoms with Gasteiger partial charge in [-0.15, -0.1) is 0 Å². The first-order valence-corrected chi connectivity index (χ1v) is 7.14. The number of aliphatic imine (C=N–C) groups is 1. The highest BCUT2D eigenvalue weighted by Gasteiger charge is 2.17. The Morgan fingerprint density at radius 3 is 2.65 bits per heavy atom. The minimum absolute atomic E-state index is 0.299. The van der Waals surface area contributed by atoms with Gasteiger partial charge in [-0.25, -0.2) is 4.39 Å². The highest BCUT2D eigenvalue weighted by atomic mass is 32.2. The largest absolute Gasteiger partial charge is 0.347 e. The summed E-state index contributed by atoms with van der Waals surface area (Å²) in [6, 6.07) is 6.01. The lowest BCUT2D eigenvalue weighted by Crippen LogP contribution is -2.42. The molecule has 2 N–H and O–H groups in total. The third-order valence-corrected chi connectivity index (χ3v) is 3.52. The van der Waals surface area contributed by atoms with Gasteiger partial charge in [0.25, 0.3) is 0 Å². The predicted molar refractivity (Wildman–Crippen MR) is 76.0 cm³/mol. The average Bonchev–Trinajstić information content (AvgIpc) is 2.93. The highest BCUT2D eigenvalue weighted by Crippen LogP contribution is 2.08. The number of amidine groups is 1. The summed E-state index contributed by atoms with van der Waals surface area (Å²) < 4.78 is 12.7. The molecule has 0 saturated carbocycles. The van der Waals surface area contributed by atoms with Crippen molar-refractivity contribution in [3.05, 3.63) is 35.6 Å². The second-order valence-corrected chi connectivity index (χ2v) is 5.21. The number of amides is 2. The van der Waals surface area contributed by atoms with E-state index in [0.717, 1.165) is 11.3 Å². The molecule has 1 aliphatic rings. The SMILES string of the molecule is O=C(NCCc1ccc(F)cc1)C(=O)NC1=NCCS1. The van der Waals surface area contributed by atoms with Gasteiger partial charge in [-0.05, 0) is 24.1 Å². The van der Waals surface area contributed by atoms with Crippen LogP contribution >= 0.6 is 11.8 Å². The van der Waals surface area contributed by atoms with E-state index >= 15 is 0 Å². The van der Waals surface area contributed by atoms with Crippen LogP contribution in [0.4, 0.5) is 4.39 Å². The van der Waals surface area contributed by atoms with Crippen LogP contribution in [-0.4, -0.2) is 35.8 Å². The average molecular weight is 295 g/mol. The topological polar surface area (TPSA) is 70.6 Å². The molecular weight excluding hydrogens is 281 g/mol. The van der Waals surface area contributed by atoms with Crippen molar-refractivity contribution in [2.24, 2.45) is 4.99 Å². The Morgan fingerprint density at radius 2 is 2.00 bits per heavy atom. The number of thioether (sulfide) groups is 1. The number of hydrogen-bond acceptors (Lipinski definition) is 4. The van der Waals surface area contributed by atoms with E-state index in [1.54, 1.807) is 12.1 Å². The van der Waals surface area contributed by atoms with Gasteiger partial charge in [0.1, 0.15) is 5.82 Å². The number of nitrogens with zero attached hydrogens (tertiary/aromatic N) is 1. The minimum Gasteiger partial charge on any atom is -0.347 e. The normalized spacial score (nSPS) is 13.8. The Hall–Kier alpha value is -1.89. The van der Waals surface area contributed by atoms with Crippen molar-refractivity contribution >= 4 is 28.7 Å². The molecule has 7 heteroatoms. The number of carbonyl (C=O) groups is 2. The van der Waals surface area contributed by atoms with Gasteiger partial charge < -0.3 is 5.32 Å². The predicted octanol–water partition coefficient (Wildman–Crippen LogP) is 0.703. The fourth-order valence-corrected chi connectivity index (χ4v) is 2.34. The zero-order valence-corrected chi connectivity index (χ0v) is 11.5. The van der Waals surface area contributed by atoms with E-state index < -0.39 is 11.8 Å². The van der Waals surface area contributed by atoms with Crippen LogP contribution < -0.4 is 10.6 Å². The van der Waals surface area contributed by atoms with Crippen LogP contribution in [0.5, 0.6) is 0 Å². The van der Waals surface area contributed by atoms with Crippen LogP contribution in [0.3, 0.4) is 0 Å². The van der Waals surface area contributed by atoms with E-state index in [1.165, 1.54) is 23.9 Å². The van der Waals surface area contributed by atoms with Crippen LogP contribution in [0.1, 0.15) is 5.56 Å². The number of nitrogens with one attached hydrogen (secondary N) is 2. The lowest BCUT2D eigenvalue weighted by atomic mass is 10.1. The number of rotatable bonds is 3. The fraction of sp³-hybridized carbons (Fsp3) is 0.308. The quantitative estimate of drug-likeness (QED) is 0.807. The lowest BCUT2D eigenvalue weighted by Gasteiger charge is -2.06. The van der Waals surface area contributed by atoms with Crippen molar-refractivity contribution in [3.8, 4) is 0 Å². The van der Waals surface area contributed by atoms with Crippen LogP contribution in [0.2, 0.25) is 0 Å². The summed E-state index contributed by atoms with van der Waals surface area (Å²) >= 11 is 1.41. The molecule has 2 amide bonds. The summed E-state index contributed by atoms with van der Waals surface area (Å²) in [6.07, 6.45) is 0.537. The molecule has 1 aromatic carbocycles. The first kappa shape index (κ1) is 14.5. The smallest absolute Gasteiger partial charge is 0.315 e. The molecular formula is C13H14FN3O2S. The summed E-state index contributed by atoms with van der Waals surface area (Å²) in [5.41, 5.74) is 0.892. The summed E-state index contributed by atoms with van der Waals surface area (Å²) in [5, 5.41) is 5.45. The van der Waals surface area contributed by atoms with E-state index in [1.807, 2.05) is 0 Å². The zero-order chi connectivity index (χ0) is 14.4. The zero-order valence-electron chi connectivity index (χ0n) is 10.7. The Kier molecular flexibility index (Phi) is 5.11. The monoisotopic (exact) mass is 295 g/mol. The van der Waals surface area contributed by atoms with Crippen molar-refractivity contribution in [2.45, 2.75) is 6.42 Å². The third-order valence-electron chi connectivity index (χ3n) is 2.62. The van der Waals surface area contributed by atoms with Gasteiger partial charge in [-0.2, -0.15) is 0 Å². The molecule has 1 heterocycles. The summed E-state index contributed by atoms with van der Waals surface area (Å²) in [5.74, 6) is -0.881. The number of carbonyl (C=O) groups excluding carboxylic acids is 2. The maximum Gasteiger partial charge on any atom is 0.315 e. The van der Waals surface area contributed by atoms with Crippen molar-refractivity contribution < 1.29 is 14.0 Å². The summed E-state index contributed by atoms with van der Waals surface area (Å²) in [4.78, 5) is 27.1. The van der Waals surface area contributed by atoms with Crippen molar-refractivity contribution in [1.82, 2.24) is 10.6 Å². The Morgan fingerprint density at radius 1 is 1.25 bits per heavy atom. The second kappa shape index (κ2) is 7.04. The summed E-state index contributed by atoms with van der Waals surface area (Å²) in [7, 11) is 0. The molecule has 0 bridgehead atoms. The maximum atomic E-state index is 12.7. The fourth-order valence-electron chi connectivity index (χ4n) is 1.62. The van der Waals surface area contributed by atoms with Crippen molar-refractivity contribution in [3.63, 3.8) is 0 Å². The van der Waals surface area contributed by atoms with E-state index in [9.17, 15) is 14.0 Å². The molecule has 0 atom stereocenters. The van der Waals surface area contributed by atoms with Crippen molar-refractivity contribution in [1.29, 1.82) is 0 Å². The van der Waals surface area contributed by atoms with Crippen molar-refractivity contribution in [2.75, 3.05) is 18.8 Å². The first-order chi connectivity index (χ1) is 9.65. The molecule has 1 aliphatic heterocycles. The van der Waals surface area contributed by atoms with E-state index in [0.29, 0.717) is 24.7 Å². The van der Waals surface area contributed by atoms with Crippen LogP contribution in [0.25, 0.3) is 0 Å². The number of benzene rings is 1. The molecule has 106 valence electrons. The van der Waals surface area contributed by atoms with Crippen LogP contribution in [0.15, 0.2) is 29.3 Å². The van der Waals surface area contributed by atoms with Crippen LogP contribution in [-0.2, 0) is 16.0 Å². The molecule has 0 fully saturated rings. The molecule has 0 spiro atoms. The first-order valence-electron chi connectivity index (χ1n) is 6.16. The minimum atomic E-state index is -0.711. The third kappa shape index (κ3) is 4.34. The molecule has 0 aliphatic carbocycles. The van der Waals surface area contributed by atoms with E-state index in [2.05, 4.69) is 15.6 Å². The lowest BCUT2D eigenvalue weighted by molar-refractivity contribution is -0.138. The Balaban J connectivity index is 1.71. The van der Waals surface area contributed by atoms with Gasteiger partial charge in [0.2, 0.25) is 0 Å².